The average Bonchev–Trinajstić information content (AvgIpc) is 2.91. The molecule has 7 nitrogen and oxygen atoms in total. The first-order valence-electron chi connectivity index (χ1n) is 11.8. The normalized spacial score (nSPS) is 15.5. The maximum atomic E-state index is 14.2. The third-order valence-electron chi connectivity index (χ3n) is 6.07. The van der Waals surface area contributed by atoms with Gasteiger partial charge in [-0.25, -0.2) is 0 Å². The van der Waals surface area contributed by atoms with Gasteiger partial charge in [0.15, 0.2) is 27.9 Å². The Hall–Kier alpha value is -3.49. The zero-order chi connectivity index (χ0) is 33.8. The van der Waals surface area contributed by atoms with Gasteiger partial charge in [-0.15, -0.1) is 0 Å². The molecule has 0 amide bonds. The molecule has 1 aliphatic heterocycles. The van der Waals surface area contributed by atoms with Crippen molar-refractivity contribution in [2.45, 2.75) is 50.2 Å². The van der Waals surface area contributed by atoms with E-state index in [-0.39, 0.29) is 16.4 Å². The SMILES string of the molecule is O=S(=O)(O)C(F)(F)C(Oc1ccc([S+]2c3ccccc3Oc3ccccc32)cc1OCC(O)(C(F)(F)F)C(F)(F)F)C(F)(F)F. The summed E-state index contributed by atoms with van der Waals surface area (Å²) >= 11 is 0. The van der Waals surface area contributed by atoms with Crippen LogP contribution < -0.4 is 14.2 Å². The van der Waals surface area contributed by atoms with Crippen LogP contribution in [-0.4, -0.2) is 60.2 Å². The fraction of sp³-hybridized carbons (Fsp3) is 0.280. The first kappa shape index (κ1) is 34.4. The number of fused-ring (bicyclic) bond motifs is 2. The molecule has 0 saturated carbocycles. The van der Waals surface area contributed by atoms with Crippen LogP contribution in [0, 0.1) is 0 Å². The fourth-order valence-corrected chi connectivity index (χ4v) is 6.49. The highest BCUT2D eigenvalue weighted by Crippen LogP contribution is 2.50. The van der Waals surface area contributed by atoms with Gasteiger partial charge in [0.25, 0.3) is 11.7 Å². The summed E-state index contributed by atoms with van der Waals surface area (Å²) in [5, 5.41) is 3.39. The summed E-state index contributed by atoms with van der Waals surface area (Å²) in [6.07, 6.45) is -24.0. The lowest BCUT2D eigenvalue weighted by Crippen LogP contribution is -2.60. The van der Waals surface area contributed by atoms with Crippen molar-refractivity contribution in [2.24, 2.45) is 0 Å². The molecule has 4 rings (SSSR count). The molecule has 0 bridgehead atoms. The van der Waals surface area contributed by atoms with E-state index in [1.165, 1.54) is 36.4 Å². The number of benzene rings is 3. The van der Waals surface area contributed by atoms with E-state index in [2.05, 4.69) is 9.47 Å². The Morgan fingerprint density at radius 3 is 1.69 bits per heavy atom. The summed E-state index contributed by atoms with van der Waals surface area (Å²) in [5.74, 6) is -2.62. The molecular weight excluding hydrogens is 685 g/mol. The third-order valence-corrected chi connectivity index (χ3v) is 9.26. The van der Waals surface area contributed by atoms with Crippen LogP contribution >= 0.6 is 0 Å². The molecule has 246 valence electrons. The van der Waals surface area contributed by atoms with Crippen LogP contribution in [0.5, 0.6) is 23.0 Å². The standard InChI is InChI=1S/C25H15F11O7S2/c26-22(27,28)20(23(29,30)45(38,39)40)43-14-10-9-13(11-17(14)41-12-21(37,24(31,32)33)25(34,35)36)44-18-7-3-1-5-15(18)42-16-6-2-4-8-19(16)44/h1-11,20,37H,12H2/p+1. The van der Waals surface area contributed by atoms with E-state index in [1.54, 1.807) is 12.1 Å². The summed E-state index contributed by atoms with van der Waals surface area (Å²) in [6, 6.07) is 14.1. The van der Waals surface area contributed by atoms with E-state index in [0.717, 1.165) is 6.07 Å². The molecule has 0 radical (unpaired) electrons. The predicted molar refractivity (Wildman–Crippen MR) is 131 cm³/mol. The van der Waals surface area contributed by atoms with Gasteiger partial charge in [-0.05, 0) is 36.4 Å². The maximum Gasteiger partial charge on any atom is 0.432 e. The number of hydrogen-bond acceptors (Lipinski definition) is 6. The highest BCUT2D eigenvalue weighted by molar-refractivity contribution is 7.97. The van der Waals surface area contributed by atoms with Crippen LogP contribution in [0.1, 0.15) is 0 Å². The Bertz CT molecular complexity index is 1610. The van der Waals surface area contributed by atoms with Crippen LogP contribution in [0.4, 0.5) is 48.3 Å². The van der Waals surface area contributed by atoms with Crippen LogP contribution in [0.3, 0.4) is 0 Å². The van der Waals surface area contributed by atoms with Gasteiger partial charge in [-0.2, -0.15) is 56.7 Å². The minimum absolute atomic E-state index is 0.0896. The average molecular weight is 702 g/mol. The van der Waals surface area contributed by atoms with Crippen LogP contribution in [0.15, 0.2) is 81.4 Å². The molecular formula is C25H16F11O7S2+. The molecule has 1 unspecified atom stereocenters. The third kappa shape index (κ3) is 6.45. The lowest BCUT2D eigenvalue weighted by atomic mass is 10.0. The molecule has 0 fully saturated rings. The predicted octanol–water partition coefficient (Wildman–Crippen LogP) is 6.91. The molecule has 2 N–H and O–H groups in total. The van der Waals surface area contributed by atoms with Gasteiger partial charge in [0.1, 0.15) is 17.5 Å². The maximum absolute atomic E-state index is 14.2. The highest BCUT2D eigenvalue weighted by Gasteiger charge is 2.71. The van der Waals surface area contributed by atoms with Gasteiger partial charge < -0.3 is 19.3 Å². The lowest BCUT2D eigenvalue weighted by Gasteiger charge is -2.32. The minimum atomic E-state index is -6.85. The quantitative estimate of drug-likeness (QED) is 0.117. The molecule has 0 spiro atoms. The van der Waals surface area contributed by atoms with Gasteiger partial charge in [0.05, 0.1) is 0 Å². The molecule has 0 saturated heterocycles. The number of para-hydroxylation sites is 2. The van der Waals surface area contributed by atoms with Crippen LogP contribution in [-0.2, 0) is 21.0 Å². The van der Waals surface area contributed by atoms with Crippen molar-refractivity contribution in [3.63, 3.8) is 0 Å². The van der Waals surface area contributed by atoms with Crippen molar-refractivity contribution < 1.29 is 80.6 Å². The minimum Gasteiger partial charge on any atom is -0.486 e. The smallest absolute Gasteiger partial charge is 0.432 e. The fourth-order valence-electron chi connectivity index (χ4n) is 3.82. The number of aliphatic hydroxyl groups is 1. The van der Waals surface area contributed by atoms with Crippen molar-refractivity contribution in [2.75, 3.05) is 6.61 Å². The van der Waals surface area contributed by atoms with Crippen LogP contribution in [0.2, 0.25) is 0 Å². The summed E-state index contributed by atoms with van der Waals surface area (Å²) in [4.78, 5) is 0.640. The van der Waals surface area contributed by atoms with E-state index in [0.29, 0.717) is 21.9 Å². The second kappa shape index (κ2) is 11.4. The summed E-state index contributed by atoms with van der Waals surface area (Å²) in [6.45, 7) is -2.75. The lowest BCUT2D eigenvalue weighted by molar-refractivity contribution is -0.373. The molecule has 1 heterocycles. The molecule has 45 heavy (non-hydrogen) atoms. The molecule has 20 heteroatoms. The Morgan fingerprint density at radius 1 is 0.756 bits per heavy atom. The summed E-state index contributed by atoms with van der Waals surface area (Å²) < 4.78 is 194. The van der Waals surface area contributed by atoms with E-state index in [1.807, 2.05) is 0 Å². The Balaban J connectivity index is 1.90. The first-order chi connectivity index (χ1) is 20.5. The van der Waals surface area contributed by atoms with E-state index >= 15 is 0 Å². The van der Waals surface area contributed by atoms with Gasteiger partial charge in [0.2, 0.25) is 9.79 Å². The molecule has 0 aromatic heterocycles. The Labute approximate surface area is 248 Å². The molecule has 0 aliphatic carbocycles. The first-order valence-corrected chi connectivity index (χ1v) is 14.5. The molecule has 3 aromatic carbocycles. The molecule has 3 aromatic rings. The van der Waals surface area contributed by atoms with Crippen molar-refractivity contribution in [1.29, 1.82) is 0 Å². The van der Waals surface area contributed by atoms with Gasteiger partial charge >= 0.3 is 33.9 Å². The molecule has 1 atom stereocenters. The van der Waals surface area contributed by atoms with E-state index in [9.17, 15) is 61.8 Å². The van der Waals surface area contributed by atoms with Gasteiger partial charge in [-0.3, -0.25) is 4.55 Å². The van der Waals surface area contributed by atoms with E-state index < -0.39 is 74.6 Å². The van der Waals surface area contributed by atoms with Gasteiger partial charge in [-0.1, -0.05) is 24.3 Å². The summed E-state index contributed by atoms with van der Waals surface area (Å²) in [7, 11) is -8.22. The largest absolute Gasteiger partial charge is 0.486 e. The van der Waals surface area contributed by atoms with E-state index in [4.69, 9.17) is 9.29 Å². The number of hydrogen-bond donors (Lipinski definition) is 2. The van der Waals surface area contributed by atoms with Gasteiger partial charge in [0, 0.05) is 6.07 Å². The number of halogens is 11. The Kier molecular flexibility index (Phi) is 8.70. The van der Waals surface area contributed by atoms with Crippen molar-refractivity contribution in [3.8, 4) is 23.0 Å². The zero-order valence-corrected chi connectivity index (χ0v) is 23.2. The second-order valence-electron chi connectivity index (χ2n) is 9.13. The van der Waals surface area contributed by atoms with Crippen molar-refractivity contribution in [1.82, 2.24) is 0 Å². The Morgan fingerprint density at radius 2 is 1.24 bits per heavy atom. The second-order valence-corrected chi connectivity index (χ2v) is 12.6. The number of alkyl halides is 11. The van der Waals surface area contributed by atoms with Crippen molar-refractivity contribution in [3.05, 3.63) is 66.7 Å². The highest BCUT2D eigenvalue weighted by atomic mass is 32.2. The van der Waals surface area contributed by atoms with Crippen molar-refractivity contribution >= 4 is 21.0 Å². The summed E-state index contributed by atoms with van der Waals surface area (Å²) in [5.41, 5.74) is -5.62. The topological polar surface area (TPSA) is 102 Å². The number of rotatable bonds is 8. The number of ether oxygens (including phenoxy) is 3. The zero-order valence-electron chi connectivity index (χ0n) is 21.5. The monoisotopic (exact) mass is 701 g/mol. The molecule has 1 aliphatic rings. The van der Waals surface area contributed by atoms with Crippen LogP contribution in [0.25, 0.3) is 0 Å².